The van der Waals surface area contributed by atoms with Crippen molar-refractivity contribution in [3.8, 4) is 0 Å². The van der Waals surface area contributed by atoms with E-state index in [1.165, 1.54) is 5.69 Å². The van der Waals surface area contributed by atoms with E-state index in [2.05, 4.69) is 53.2 Å². The van der Waals surface area contributed by atoms with E-state index in [4.69, 9.17) is 4.74 Å². The summed E-state index contributed by atoms with van der Waals surface area (Å²) in [7, 11) is 0. The lowest BCUT2D eigenvalue weighted by Crippen LogP contribution is -2.49. The van der Waals surface area contributed by atoms with Crippen LogP contribution in [0.5, 0.6) is 0 Å². The third-order valence-corrected chi connectivity index (χ3v) is 4.86. The van der Waals surface area contributed by atoms with Crippen LogP contribution in [-0.2, 0) is 9.53 Å². The quantitative estimate of drug-likeness (QED) is 0.893. The van der Waals surface area contributed by atoms with Gasteiger partial charge in [0.2, 0.25) is 5.91 Å². The number of amides is 1. The van der Waals surface area contributed by atoms with Crippen LogP contribution in [0.15, 0.2) is 30.3 Å². The highest BCUT2D eigenvalue weighted by atomic mass is 16.5. The van der Waals surface area contributed by atoms with Crippen LogP contribution in [0.3, 0.4) is 0 Å². The maximum Gasteiger partial charge on any atom is 0.234 e. The molecule has 1 aromatic carbocycles. The van der Waals surface area contributed by atoms with E-state index in [0.717, 1.165) is 39.1 Å². The van der Waals surface area contributed by atoms with Crippen LogP contribution in [-0.4, -0.2) is 62.3 Å². The number of hydrogen-bond acceptors (Lipinski definition) is 4. The number of rotatable bonds is 5. The molecule has 5 heteroatoms. The van der Waals surface area contributed by atoms with Gasteiger partial charge >= 0.3 is 0 Å². The average molecular weight is 331 g/mol. The molecule has 0 bridgehead atoms. The standard InChI is InChI=1S/C19H29N3O2/c1-15-11-21(12-16(2)24-15)14-19(23)20-10-17-8-9-22(13-17)18-6-4-3-5-7-18/h3-7,15-17H,8-14H2,1-2H3,(H,20,23). The zero-order valence-electron chi connectivity index (χ0n) is 14.8. The van der Waals surface area contributed by atoms with E-state index in [1.807, 2.05) is 6.07 Å². The number of nitrogens with one attached hydrogen (secondary N) is 1. The van der Waals surface area contributed by atoms with Gasteiger partial charge in [-0.25, -0.2) is 0 Å². The van der Waals surface area contributed by atoms with Crippen molar-refractivity contribution in [1.29, 1.82) is 0 Å². The summed E-state index contributed by atoms with van der Waals surface area (Å²) >= 11 is 0. The van der Waals surface area contributed by atoms with Crippen LogP contribution in [0.1, 0.15) is 20.3 Å². The number of morpholine rings is 1. The summed E-state index contributed by atoms with van der Waals surface area (Å²) in [6.07, 6.45) is 1.55. The van der Waals surface area contributed by atoms with Gasteiger partial charge in [0.15, 0.2) is 0 Å². The van der Waals surface area contributed by atoms with E-state index in [1.54, 1.807) is 0 Å². The highest BCUT2D eigenvalue weighted by Crippen LogP contribution is 2.22. The smallest absolute Gasteiger partial charge is 0.234 e. The Morgan fingerprint density at radius 1 is 1.17 bits per heavy atom. The normalized spacial score (nSPS) is 28.1. The third-order valence-electron chi connectivity index (χ3n) is 4.86. The molecular weight excluding hydrogens is 302 g/mol. The highest BCUT2D eigenvalue weighted by molar-refractivity contribution is 5.78. The van der Waals surface area contributed by atoms with E-state index < -0.39 is 0 Å². The van der Waals surface area contributed by atoms with Crippen LogP contribution >= 0.6 is 0 Å². The summed E-state index contributed by atoms with van der Waals surface area (Å²) in [4.78, 5) is 16.8. The van der Waals surface area contributed by atoms with Gasteiger partial charge in [-0.05, 0) is 38.3 Å². The van der Waals surface area contributed by atoms with Gasteiger partial charge in [-0.2, -0.15) is 0 Å². The Hall–Kier alpha value is -1.59. The number of carbonyl (C=O) groups excluding carboxylic acids is 1. The minimum absolute atomic E-state index is 0.134. The molecule has 2 saturated heterocycles. The predicted octanol–water partition coefficient (Wildman–Crippen LogP) is 1.74. The maximum absolute atomic E-state index is 12.2. The number of nitrogens with zero attached hydrogens (tertiary/aromatic N) is 2. The van der Waals surface area contributed by atoms with Crippen molar-refractivity contribution in [2.75, 3.05) is 44.2 Å². The summed E-state index contributed by atoms with van der Waals surface area (Å²) < 4.78 is 5.71. The molecular formula is C19H29N3O2. The predicted molar refractivity (Wildman–Crippen MR) is 96.2 cm³/mol. The second-order valence-electron chi connectivity index (χ2n) is 7.19. The lowest BCUT2D eigenvalue weighted by molar-refractivity contribution is -0.126. The highest BCUT2D eigenvalue weighted by Gasteiger charge is 2.25. The van der Waals surface area contributed by atoms with Crippen molar-refractivity contribution in [3.05, 3.63) is 30.3 Å². The Balaban J connectivity index is 1.39. The molecule has 2 aliphatic rings. The minimum atomic E-state index is 0.134. The van der Waals surface area contributed by atoms with Gasteiger partial charge < -0.3 is 15.0 Å². The van der Waals surface area contributed by atoms with Gasteiger partial charge in [0.25, 0.3) is 0 Å². The molecule has 3 unspecified atom stereocenters. The molecule has 3 rings (SSSR count). The lowest BCUT2D eigenvalue weighted by Gasteiger charge is -2.34. The van der Waals surface area contributed by atoms with E-state index in [9.17, 15) is 4.79 Å². The number of anilines is 1. The SMILES string of the molecule is CC1CN(CC(=O)NCC2CCN(c3ccccc3)C2)CC(C)O1. The number of ether oxygens (including phenoxy) is 1. The number of carbonyl (C=O) groups is 1. The fraction of sp³-hybridized carbons (Fsp3) is 0.632. The molecule has 132 valence electrons. The van der Waals surface area contributed by atoms with Gasteiger partial charge in [-0.1, -0.05) is 18.2 Å². The summed E-state index contributed by atoms with van der Waals surface area (Å²) in [6, 6.07) is 10.5. The third kappa shape index (κ3) is 4.71. The van der Waals surface area contributed by atoms with E-state index in [-0.39, 0.29) is 18.1 Å². The van der Waals surface area contributed by atoms with Crippen molar-refractivity contribution in [3.63, 3.8) is 0 Å². The summed E-state index contributed by atoms with van der Waals surface area (Å²) in [5.41, 5.74) is 1.28. The largest absolute Gasteiger partial charge is 0.373 e. The molecule has 0 saturated carbocycles. The van der Waals surface area contributed by atoms with Gasteiger partial charge in [-0.15, -0.1) is 0 Å². The first kappa shape index (κ1) is 17.2. The Kier molecular flexibility index (Phi) is 5.74. The average Bonchev–Trinajstić information content (AvgIpc) is 3.02. The molecule has 0 radical (unpaired) electrons. The minimum Gasteiger partial charge on any atom is -0.373 e. The molecule has 2 aliphatic heterocycles. The molecule has 0 aliphatic carbocycles. The number of para-hydroxylation sites is 1. The zero-order valence-corrected chi connectivity index (χ0v) is 14.8. The lowest BCUT2D eigenvalue weighted by atomic mass is 10.1. The fourth-order valence-corrected chi connectivity index (χ4v) is 3.80. The molecule has 1 aromatic rings. The molecule has 0 spiro atoms. The number of benzene rings is 1. The van der Waals surface area contributed by atoms with E-state index in [0.29, 0.717) is 12.5 Å². The van der Waals surface area contributed by atoms with Crippen molar-refractivity contribution in [1.82, 2.24) is 10.2 Å². The monoisotopic (exact) mass is 331 g/mol. The van der Waals surface area contributed by atoms with Crippen molar-refractivity contribution in [2.45, 2.75) is 32.5 Å². The molecule has 2 fully saturated rings. The number of hydrogen-bond donors (Lipinski definition) is 1. The van der Waals surface area contributed by atoms with Crippen molar-refractivity contribution in [2.24, 2.45) is 5.92 Å². The maximum atomic E-state index is 12.2. The first-order valence-corrected chi connectivity index (χ1v) is 9.04. The first-order chi connectivity index (χ1) is 11.6. The Morgan fingerprint density at radius 2 is 1.88 bits per heavy atom. The second kappa shape index (κ2) is 7.99. The van der Waals surface area contributed by atoms with E-state index >= 15 is 0 Å². The molecule has 3 atom stereocenters. The summed E-state index contributed by atoms with van der Waals surface area (Å²) in [5.74, 6) is 0.672. The molecule has 5 nitrogen and oxygen atoms in total. The van der Waals surface area contributed by atoms with Crippen LogP contribution in [0.25, 0.3) is 0 Å². The van der Waals surface area contributed by atoms with Gasteiger partial charge in [0.05, 0.1) is 18.8 Å². The first-order valence-electron chi connectivity index (χ1n) is 9.04. The Morgan fingerprint density at radius 3 is 2.58 bits per heavy atom. The molecule has 2 heterocycles. The van der Waals surface area contributed by atoms with Crippen LogP contribution in [0, 0.1) is 5.92 Å². The zero-order chi connectivity index (χ0) is 16.9. The van der Waals surface area contributed by atoms with Crippen LogP contribution in [0.2, 0.25) is 0 Å². The summed E-state index contributed by atoms with van der Waals surface area (Å²) in [6.45, 7) is 9.16. The Bertz CT molecular complexity index is 527. The van der Waals surface area contributed by atoms with Crippen LogP contribution < -0.4 is 10.2 Å². The van der Waals surface area contributed by atoms with Gasteiger partial charge in [-0.3, -0.25) is 9.69 Å². The molecule has 24 heavy (non-hydrogen) atoms. The molecule has 0 aromatic heterocycles. The van der Waals surface area contributed by atoms with Crippen LogP contribution in [0.4, 0.5) is 5.69 Å². The second-order valence-corrected chi connectivity index (χ2v) is 7.19. The van der Waals surface area contributed by atoms with Gasteiger partial charge in [0, 0.05) is 38.4 Å². The van der Waals surface area contributed by atoms with Crippen molar-refractivity contribution >= 4 is 11.6 Å². The fourth-order valence-electron chi connectivity index (χ4n) is 3.80. The van der Waals surface area contributed by atoms with Gasteiger partial charge in [0.1, 0.15) is 0 Å². The molecule has 1 N–H and O–H groups in total. The summed E-state index contributed by atoms with van der Waals surface area (Å²) in [5, 5.41) is 3.13. The topological polar surface area (TPSA) is 44.8 Å². The molecule has 1 amide bonds. The van der Waals surface area contributed by atoms with Crippen molar-refractivity contribution < 1.29 is 9.53 Å². The Labute approximate surface area is 145 Å².